The second-order valence-electron chi connectivity index (χ2n) is 5.09. The van der Waals surface area contributed by atoms with E-state index in [0.717, 1.165) is 19.3 Å². The molecule has 0 spiro atoms. The number of carbonyl (C=O) groups excluding carboxylic acids is 1. The lowest BCUT2D eigenvalue weighted by Crippen LogP contribution is -2.33. The summed E-state index contributed by atoms with van der Waals surface area (Å²) in [4.78, 5) is 11.9. The Labute approximate surface area is 125 Å². The molecule has 1 aromatic carbocycles. The van der Waals surface area contributed by atoms with Gasteiger partial charge in [0.15, 0.2) is 0 Å². The Kier molecular flexibility index (Phi) is 5.49. The van der Waals surface area contributed by atoms with Crippen LogP contribution in [0.4, 0.5) is 10.5 Å². The molecule has 0 fully saturated rings. The summed E-state index contributed by atoms with van der Waals surface area (Å²) in [6, 6.07) is 5.06. The van der Waals surface area contributed by atoms with Crippen molar-refractivity contribution in [3.8, 4) is 11.5 Å². The van der Waals surface area contributed by atoms with E-state index < -0.39 is 0 Å². The Morgan fingerprint density at radius 3 is 2.48 bits per heavy atom. The summed E-state index contributed by atoms with van der Waals surface area (Å²) in [6.45, 7) is 0.692. The van der Waals surface area contributed by atoms with Crippen LogP contribution in [0.25, 0.3) is 0 Å². The standard InChI is InChI=1S/C16H22N2O3/c1-20-14-8-13(9-15(10-14)21-2)18-16(19)17-11-12-6-4-3-5-7-12/h3-4,8-10,12H,5-7,11H2,1-2H3,(H2,17,18,19). The van der Waals surface area contributed by atoms with Crippen molar-refractivity contribution in [2.45, 2.75) is 19.3 Å². The molecule has 1 aromatic rings. The smallest absolute Gasteiger partial charge is 0.319 e. The van der Waals surface area contributed by atoms with Gasteiger partial charge in [0, 0.05) is 30.4 Å². The van der Waals surface area contributed by atoms with Gasteiger partial charge in [0.25, 0.3) is 0 Å². The SMILES string of the molecule is COc1cc(NC(=O)NCC2CC=CCC2)cc(OC)c1. The molecule has 0 saturated carbocycles. The highest BCUT2D eigenvalue weighted by atomic mass is 16.5. The van der Waals surface area contributed by atoms with E-state index in [9.17, 15) is 4.79 Å². The monoisotopic (exact) mass is 290 g/mol. The Bertz CT molecular complexity index is 492. The zero-order chi connectivity index (χ0) is 15.1. The van der Waals surface area contributed by atoms with Gasteiger partial charge in [-0.25, -0.2) is 4.79 Å². The molecule has 2 amide bonds. The van der Waals surface area contributed by atoms with Gasteiger partial charge in [-0.15, -0.1) is 0 Å². The fraction of sp³-hybridized carbons (Fsp3) is 0.438. The number of anilines is 1. The minimum absolute atomic E-state index is 0.208. The van der Waals surface area contributed by atoms with Gasteiger partial charge in [0.05, 0.1) is 14.2 Å². The number of rotatable bonds is 5. The highest BCUT2D eigenvalue weighted by molar-refractivity contribution is 5.89. The van der Waals surface area contributed by atoms with Crippen molar-refractivity contribution < 1.29 is 14.3 Å². The molecule has 5 nitrogen and oxygen atoms in total. The first kappa shape index (κ1) is 15.2. The van der Waals surface area contributed by atoms with Gasteiger partial charge >= 0.3 is 6.03 Å². The number of methoxy groups -OCH3 is 2. The molecule has 0 bridgehead atoms. The average Bonchev–Trinajstić information content (AvgIpc) is 2.53. The first-order chi connectivity index (χ1) is 10.2. The second kappa shape index (κ2) is 7.57. The predicted molar refractivity (Wildman–Crippen MR) is 83.0 cm³/mol. The number of urea groups is 1. The van der Waals surface area contributed by atoms with Gasteiger partial charge in [-0.1, -0.05) is 12.2 Å². The molecule has 0 saturated heterocycles. The summed E-state index contributed by atoms with van der Waals surface area (Å²) in [5.41, 5.74) is 0.646. The van der Waals surface area contributed by atoms with Crippen LogP contribution in [0.2, 0.25) is 0 Å². The van der Waals surface area contributed by atoms with Crippen LogP contribution in [0.5, 0.6) is 11.5 Å². The summed E-state index contributed by atoms with van der Waals surface area (Å²) >= 11 is 0. The molecule has 2 N–H and O–H groups in total. The molecule has 0 radical (unpaired) electrons. The number of nitrogens with one attached hydrogen (secondary N) is 2. The molecule has 5 heteroatoms. The molecular weight excluding hydrogens is 268 g/mol. The first-order valence-corrected chi connectivity index (χ1v) is 7.14. The molecule has 0 heterocycles. The van der Waals surface area contributed by atoms with E-state index in [2.05, 4.69) is 22.8 Å². The Morgan fingerprint density at radius 2 is 1.90 bits per heavy atom. The number of carbonyl (C=O) groups is 1. The van der Waals surface area contributed by atoms with Crippen LogP contribution in [-0.2, 0) is 0 Å². The maximum Gasteiger partial charge on any atom is 0.319 e. The third-order valence-electron chi connectivity index (χ3n) is 3.54. The molecular formula is C16H22N2O3. The van der Waals surface area contributed by atoms with Crippen molar-refractivity contribution in [3.63, 3.8) is 0 Å². The Balaban J connectivity index is 1.88. The molecule has 1 unspecified atom stereocenters. The van der Waals surface area contributed by atoms with Crippen molar-refractivity contribution in [1.82, 2.24) is 5.32 Å². The molecule has 1 aliphatic rings. The van der Waals surface area contributed by atoms with E-state index in [-0.39, 0.29) is 6.03 Å². The van der Waals surface area contributed by atoms with E-state index in [4.69, 9.17) is 9.47 Å². The highest BCUT2D eigenvalue weighted by Crippen LogP contribution is 2.25. The lowest BCUT2D eigenvalue weighted by molar-refractivity contribution is 0.249. The zero-order valence-corrected chi connectivity index (χ0v) is 12.5. The minimum Gasteiger partial charge on any atom is -0.497 e. The van der Waals surface area contributed by atoms with Gasteiger partial charge in [0.1, 0.15) is 11.5 Å². The molecule has 1 atom stereocenters. The van der Waals surface area contributed by atoms with Crippen molar-refractivity contribution >= 4 is 11.7 Å². The third kappa shape index (κ3) is 4.70. The van der Waals surface area contributed by atoms with Crippen LogP contribution in [0, 0.1) is 5.92 Å². The van der Waals surface area contributed by atoms with E-state index in [1.807, 2.05) is 0 Å². The van der Waals surface area contributed by atoms with Crippen LogP contribution in [0.3, 0.4) is 0 Å². The molecule has 114 valence electrons. The lowest BCUT2D eigenvalue weighted by atomic mass is 9.94. The van der Waals surface area contributed by atoms with E-state index in [1.54, 1.807) is 32.4 Å². The second-order valence-corrected chi connectivity index (χ2v) is 5.09. The van der Waals surface area contributed by atoms with Gasteiger partial charge in [0.2, 0.25) is 0 Å². The fourth-order valence-corrected chi connectivity index (χ4v) is 2.33. The van der Waals surface area contributed by atoms with Crippen LogP contribution in [-0.4, -0.2) is 26.8 Å². The number of benzene rings is 1. The molecule has 2 rings (SSSR count). The van der Waals surface area contributed by atoms with Crippen molar-refractivity contribution in [3.05, 3.63) is 30.4 Å². The lowest BCUT2D eigenvalue weighted by Gasteiger charge is -2.18. The van der Waals surface area contributed by atoms with E-state index in [1.165, 1.54) is 0 Å². The zero-order valence-electron chi connectivity index (χ0n) is 12.5. The number of amides is 2. The maximum atomic E-state index is 11.9. The van der Waals surface area contributed by atoms with E-state index in [0.29, 0.717) is 29.6 Å². The largest absolute Gasteiger partial charge is 0.497 e. The predicted octanol–water partition coefficient (Wildman–Crippen LogP) is 3.18. The van der Waals surface area contributed by atoms with Gasteiger partial charge in [-0.05, 0) is 25.2 Å². The van der Waals surface area contributed by atoms with Crippen molar-refractivity contribution in [2.75, 3.05) is 26.1 Å². The summed E-state index contributed by atoms with van der Waals surface area (Å²) in [6.07, 6.45) is 7.64. The fourth-order valence-electron chi connectivity index (χ4n) is 2.33. The van der Waals surface area contributed by atoms with Gasteiger partial charge in [-0.3, -0.25) is 0 Å². The normalized spacial score (nSPS) is 17.1. The van der Waals surface area contributed by atoms with Crippen LogP contribution in [0.1, 0.15) is 19.3 Å². The minimum atomic E-state index is -0.208. The topological polar surface area (TPSA) is 59.6 Å². The number of hydrogen-bond donors (Lipinski definition) is 2. The van der Waals surface area contributed by atoms with E-state index >= 15 is 0 Å². The quantitative estimate of drug-likeness (QED) is 0.819. The van der Waals surface area contributed by atoms with Crippen LogP contribution >= 0.6 is 0 Å². The molecule has 0 aliphatic heterocycles. The van der Waals surface area contributed by atoms with Gasteiger partial charge in [-0.2, -0.15) is 0 Å². The Hall–Kier alpha value is -2.17. The molecule has 1 aliphatic carbocycles. The van der Waals surface area contributed by atoms with Crippen molar-refractivity contribution in [1.29, 1.82) is 0 Å². The van der Waals surface area contributed by atoms with Crippen molar-refractivity contribution in [2.24, 2.45) is 5.92 Å². The summed E-state index contributed by atoms with van der Waals surface area (Å²) in [5, 5.41) is 5.71. The van der Waals surface area contributed by atoms with Crippen LogP contribution < -0.4 is 20.1 Å². The molecule has 0 aromatic heterocycles. The number of ether oxygens (including phenoxy) is 2. The third-order valence-corrected chi connectivity index (χ3v) is 3.54. The summed E-state index contributed by atoms with van der Waals surface area (Å²) < 4.78 is 10.3. The summed E-state index contributed by atoms with van der Waals surface area (Å²) in [5.74, 6) is 1.81. The Morgan fingerprint density at radius 1 is 1.19 bits per heavy atom. The number of allylic oxidation sites excluding steroid dienone is 2. The highest BCUT2D eigenvalue weighted by Gasteiger charge is 2.11. The number of hydrogen-bond acceptors (Lipinski definition) is 3. The van der Waals surface area contributed by atoms with Crippen LogP contribution in [0.15, 0.2) is 30.4 Å². The van der Waals surface area contributed by atoms with Gasteiger partial charge < -0.3 is 20.1 Å². The summed E-state index contributed by atoms with van der Waals surface area (Å²) in [7, 11) is 3.16. The average molecular weight is 290 g/mol. The molecule has 21 heavy (non-hydrogen) atoms. The first-order valence-electron chi connectivity index (χ1n) is 7.14. The maximum absolute atomic E-state index is 11.9.